The molecule has 0 radical (unpaired) electrons. The van der Waals surface area contributed by atoms with Gasteiger partial charge >= 0.3 is 0 Å². The molecule has 0 saturated heterocycles. The minimum absolute atomic E-state index is 0.235. The van der Waals surface area contributed by atoms with E-state index in [1.165, 1.54) is 27.8 Å². The van der Waals surface area contributed by atoms with E-state index >= 15 is 0 Å². The van der Waals surface area contributed by atoms with Crippen LogP contribution in [0.1, 0.15) is 48.6 Å². The zero-order chi connectivity index (χ0) is 14.0. The quantitative estimate of drug-likeness (QED) is 0.690. The molecule has 0 nitrogen and oxygen atoms in total. The van der Waals surface area contributed by atoms with Crippen molar-refractivity contribution in [1.29, 1.82) is 0 Å². The maximum absolute atomic E-state index is 2.28. The molecule has 0 aliphatic heterocycles. The molecule has 0 bridgehead atoms. The van der Waals surface area contributed by atoms with Gasteiger partial charge in [0.25, 0.3) is 0 Å². The van der Waals surface area contributed by atoms with Crippen LogP contribution in [0, 0.1) is 13.8 Å². The lowest BCUT2D eigenvalue weighted by atomic mass is 9.86. The van der Waals surface area contributed by atoms with Crippen molar-refractivity contribution < 1.29 is 0 Å². The molecular weight excluding hydrogens is 228 g/mol. The second kappa shape index (κ2) is 5.21. The zero-order valence-corrected chi connectivity index (χ0v) is 12.7. The number of hydrogen-bond acceptors (Lipinski definition) is 0. The van der Waals surface area contributed by atoms with Crippen molar-refractivity contribution in [2.24, 2.45) is 0 Å². The number of benzene rings is 2. The van der Waals surface area contributed by atoms with Crippen LogP contribution in [0.2, 0.25) is 0 Å². The largest absolute Gasteiger partial charge is 0.0584 e. The van der Waals surface area contributed by atoms with Crippen molar-refractivity contribution >= 4 is 0 Å². The van der Waals surface area contributed by atoms with E-state index < -0.39 is 0 Å². The second-order valence-electron chi connectivity index (χ2n) is 6.62. The first kappa shape index (κ1) is 13.9. The molecule has 0 saturated carbocycles. The lowest BCUT2D eigenvalue weighted by Gasteiger charge is -2.19. The normalized spacial score (nSPS) is 11.6. The van der Waals surface area contributed by atoms with Gasteiger partial charge in [0.15, 0.2) is 0 Å². The smallest absolute Gasteiger partial charge is 0.00256 e. The van der Waals surface area contributed by atoms with E-state index in [9.17, 15) is 0 Å². The molecule has 100 valence electrons. The van der Waals surface area contributed by atoms with Crippen LogP contribution in [0.25, 0.3) is 0 Å². The minimum atomic E-state index is 0.235. The van der Waals surface area contributed by atoms with Gasteiger partial charge in [0.05, 0.1) is 0 Å². The van der Waals surface area contributed by atoms with Crippen molar-refractivity contribution in [2.45, 2.75) is 46.5 Å². The van der Waals surface area contributed by atoms with Gasteiger partial charge in [-0.15, -0.1) is 0 Å². The molecule has 2 rings (SSSR count). The molecule has 0 fully saturated rings. The second-order valence-corrected chi connectivity index (χ2v) is 6.62. The SMILES string of the molecule is Cc1cc(C)cc(Cc2ccc(C(C)(C)C)cc2)c1. The Hall–Kier alpha value is -1.56. The minimum Gasteiger partial charge on any atom is -0.0584 e. The Labute approximate surface area is 117 Å². The van der Waals surface area contributed by atoms with Crippen LogP contribution in [-0.4, -0.2) is 0 Å². The van der Waals surface area contributed by atoms with Crippen LogP contribution in [0.5, 0.6) is 0 Å². The Morgan fingerprint density at radius 1 is 0.737 bits per heavy atom. The summed E-state index contributed by atoms with van der Waals surface area (Å²) >= 11 is 0. The maximum Gasteiger partial charge on any atom is -0.00256 e. The number of rotatable bonds is 2. The Balaban J connectivity index is 2.20. The molecule has 0 aliphatic rings. The highest BCUT2D eigenvalue weighted by atomic mass is 14.2. The monoisotopic (exact) mass is 252 g/mol. The summed E-state index contributed by atoms with van der Waals surface area (Å²) in [6.07, 6.45) is 1.02. The van der Waals surface area contributed by atoms with Gasteiger partial charge in [-0.1, -0.05) is 74.4 Å². The topological polar surface area (TPSA) is 0 Å². The molecule has 2 aromatic carbocycles. The van der Waals surface area contributed by atoms with Gasteiger partial charge in [0.2, 0.25) is 0 Å². The molecule has 0 N–H and O–H groups in total. The average molecular weight is 252 g/mol. The van der Waals surface area contributed by atoms with Gasteiger partial charge in [-0.25, -0.2) is 0 Å². The van der Waals surface area contributed by atoms with Crippen LogP contribution >= 0.6 is 0 Å². The molecule has 2 aromatic rings. The van der Waals surface area contributed by atoms with E-state index in [0.29, 0.717) is 0 Å². The van der Waals surface area contributed by atoms with Gasteiger partial charge in [-0.05, 0) is 42.4 Å². The molecule has 0 aromatic heterocycles. The molecule has 0 unspecified atom stereocenters. The van der Waals surface area contributed by atoms with E-state index in [1.807, 2.05) is 0 Å². The summed E-state index contributed by atoms with van der Waals surface area (Å²) in [7, 11) is 0. The van der Waals surface area contributed by atoms with Crippen molar-refractivity contribution in [1.82, 2.24) is 0 Å². The molecule has 0 aliphatic carbocycles. The Morgan fingerprint density at radius 3 is 1.74 bits per heavy atom. The first-order valence-electron chi connectivity index (χ1n) is 7.01. The van der Waals surface area contributed by atoms with Gasteiger partial charge in [-0.3, -0.25) is 0 Å². The van der Waals surface area contributed by atoms with Crippen LogP contribution in [0.3, 0.4) is 0 Å². The first-order chi connectivity index (χ1) is 8.84. The van der Waals surface area contributed by atoms with Crippen LogP contribution in [0.4, 0.5) is 0 Å². The molecule has 0 heteroatoms. The van der Waals surface area contributed by atoms with Crippen LogP contribution in [0.15, 0.2) is 42.5 Å². The fraction of sp³-hybridized carbons (Fsp3) is 0.368. The van der Waals surface area contributed by atoms with Crippen LogP contribution < -0.4 is 0 Å². The van der Waals surface area contributed by atoms with E-state index in [1.54, 1.807) is 0 Å². The van der Waals surface area contributed by atoms with E-state index in [2.05, 4.69) is 77.1 Å². The third-order valence-electron chi connectivity index (χ3n) is 3.51. The average Bonchev–Trinajstić information content (AvgIpc) is 2.26. The van der Waals surface area contributed by atoms with Crippen molar-refractivity contribution in [2.75, 3.05) is 0 Å². The van der Waals surface area contributed by atoms with E-state index in [-0.39, 0.29) is 5.41 Å². The number of aryl methyl sites for hydroxylation is 2. The maximum atomic E-state index is 2.28. The molecule has 0 amide bonds. The fourth-order valence-corrected chi connectivity index (χ4v) is 2.53. The standard InChI is InChI=1S/C19H24/c1-14-10-15(2)12-17(11-14)13-16-6-8-18(9-7-16)19(3,4)5/h6-12H,13H2,1-5H3. The van der Waals surface area contributed by atoms with Gasteiger partial charge in [0, 0.05) is 0 Å². The lowest BCUT2D eigenvalue weighted by molar-refractivity contribution is 0.590. The lowest BCUT2D eigenvalue weighted by Crippen LogP contribution is -2.10. The molecule has 0 atom stereocenters. The van der Waals surface area contributed by atoms with E-state index in [0.717, 1.165) is 6.42 Å². The Morgan fingerprint density at radius 2 is 1.26 bits per heavy atom. The molecule has 0 heterocycles. The molecular formula is C19H24. The van der Waals surface area contributed by atoms with E-state index in [4.69, 9.17) is 0 Å². The summed E-state index contributed by atoms with van der Waals surface area (Å²) in [5.74, 6) is 0. The first-order valence-corrected chi connectivity index (χ1v) is 7.01. The highest BCUT2D eigenvalue weighted by Crippen LogP contribution is 2.23. The molecule has 0 spiro atoms. The summed E-state index contributed by atoms with van der Waals surface area (Å²) in [4.78, 5) is 0. The summed E-state index contributed by atoms with van der Waals surface area (Å²) < 4.78 is 0. The Bertz CT molecular complexity index is 533. The summed E-state index contributed by atoms with van der Waals surface area (Å²) in [6, 6.07) is 15.8. The van der Waals surface area contributed by atoms with Gasteiger partial charge in [0.1, 0.15) is 0 Å². The number of hydrogen-bond donors (Lipinski definition) is 0. The summed E-state index contributed by atoms with van der Waals surface area (Å²) in [5, 5.41) is 0. The third kappa shape index (κ3) is 3.70. The van der Waals surface area contributed by atoms with Crippen molar-refractivity contribution in [3.8, 4) is 0 Å². The Kier molecular flexibility index (Phi) is 3.80. The predicted molar refractivity (Wildman–Crippen MR) is 83.9 cm³/mol. The summed E-state index contributed by atoms with van der Waals surface area (Å²) in [6.45, 7) is 11.1. The van der Waals surface area contributed by atoms with Gasteiger partial charge in [-0.2, -0.15) is 0 Å². The fourth-order valence-electron chi connectivity index (χ4n) is 2.53. The van der Waals surface area contributed by atoms with Crippen molar-refractivity contribution in [3.63, 3.8) is 0 Å². The van der Waals surface area contributed by atoms with Crippen LogP contribution in [-0.2, 0) is 11.8 Å². The third-order valence-corrected chi connectivity index (χ3v) is 3.51. The summed E-state index contributed by atoms with van der Waals surface area (Å²) in [5.41, 5.74) is 7.12. The highest BCUT2D eigenvalue weighted by molar-refractivity contribution is 5.34. The zero-order valence-electron chi connectivity index (χ0n) is 12.7. The highest BCUT2D eigenvalue weighted by Gasteiger charge is 2.12. The predicted octanol–water partition coefficient (Wildman–Crippen LogP) is 5.19. The molecule has 19 heavy (non-hydrogen) atoms. The van der Waals surface area contributed by atoms with Crippen molar-refractivity contribution in [3.05, 3.63) is 70.3 Å². The van der Waals surface area contributed by atoms with Gasteiger partial charge < -0.3 is 0 Å².